The zero-order valence-electron chi connectivity index (χ0n) is 8.66. The number of rotatable bonds is 2. The number of carboxylic acid groups (broad SMARTS) is 1. The summed E-state index contributed by atoms with van der Waals surface area (Å²) in [5.41, 5.74) is 0.410. The highest BCUT2D eigenvalue weighted by atomic mass is 16.4. The summed E-state index contributed by atoms with van der Waals surface area (Å²) in [6, 6.07) is 0. The van der Waals surface area contributed by atoms with Gasteiger partial charge in [-0.2, -0.15) is 0 Å². The van der Waals surface area contributed by atoms with Crippen molar-refractivity contribution in [1.29, 1.82) is 0 Å². The molecule has 0 aliphatic heterocycles. The molecule has 3 nitrogen and oxygen atoms in total. The van der Waals surface area contributed by atoms with Crippen molar-refractivity contribution in [3.63, 3.8) is 0 Å². The number of nitrogens with zero attached hydrogens (tertiary/aromatic N) is 1. The highest BCUT2D eigenvalue weighted by molar-refractivity contribution is 5.67. The molecule has 0 aliphatic rings. The number of carbonyl (C=O) groups is 1. The lowest BCUT2D eigenvalue weighted by atomic mass is 10.1. The van der Waals surface area contributed by atoms with E-state index >= 15 is 0 Å². The third-order valence-corrected chi connectivity index (χ3v) is 1.44. The molecule has 0 rings (SSSR count). The van der Waals surface area contributed by atoms with Crippen molar-refractivity contribution >= 4 is 6.09 Å². The van der Waals surface area contributed by atoms with Gasteiger partial charge in [0.1, 0.15) is 0 Å². The van der Waals surface area contributed by atoms with E-state index in [1.807, 2.05) is 27.7 Å². The minimum atomic E-state index is -0.954. The fraction of sp³-hybridized carbons (Fsp3) is 0.500. The molecule has 0 aromatic carbocycles. The zero-order chi connectivity index (χ0) is 10.6. The fourth-order valence-electron chi connectivity index (χ4n) is 0.776. The van der Waals surface area contributed by atoms with Crippen LogP contribution >= 0.6 is 0 Å². The van der Waals surface area contributed by atoms with E-state index in [1.165, 1.54) is 11.1 Å². The van der Waals surface area contributed by atoms with Crippen LogP contribution in [-0.2, 0) is 0 Å². The first-order chi connectivity index (χ1) is 5.75. The van der Waals surface area contributed by atoms with Gasteiger partial charge in [-0.15, -0.1) is 0 Å². The summed E-state index contributed by atoms with van der Waals surface area (Å²) in [7, 11) is 0. The van der Waals surface area contributed by atoms with E-state index in [9.17, 15) is 4.79 Å². The van der Waals surface area contributed by atoms with Crippen molar-refractivity contribution < 1.29 is 9.90 Å². The Hall–Kier alpha value is -1.25. The van der Waals surface area contributed by atoms with Crippen molar-refractivity contribution in [2.45, 2.75) is 33.2 Å². The Kier molecular flexibility index (Phi) is 3.72. The maximum absolute atomic E-state index is 10.8. The average molecular weight is 183 g/mol. The number of allylic oxidation sites excluding steroid dienone is 2. The van der Waals surface area contributed by atoms with Crippen molar-refractivity contribution in [2.75, 3.05) is 0 Å². The smallest absolute Gasteiger partial charge is 0.411 e. The number of hydrogen-bond donors (Lipinski definition) is 1. The third kappa shape index (κ3) is 4.35. The maximum atomic E-state index is 10.8. The lowest BCUT2D eigenvalue weighted by Gasteiger charge is -2.29. The van der Waals surface area contributed by atoms with Crippen LogP contribution in [0.5, 0.6) is 0 Å². The van der Waals surface area contributed by atoms with Gasteiger partial charge in [-0.1, -0.05) is 12.2 Å². The van der Waals surface area contributed by atoms with Gasteiger partial charge < -0.3 is 5.11 Å². The van der Waals surface area contributed by atoms with Gasteiger partial charge in [-0.3, -0.25) is 4.90 Å². The molecule has 0 atom stereocenters. The van der Waals surface area contributed by atoms with E-state index in [4.69, 9.17) is 5.11 Å². The van der Waals surface area contributed by atoms with Crippen molar-refractivity contribution in [2.24, 2.45) is 0 Å². The lowest BCUT2D eigenvalue weighted by molar-refractivity contribution is 0.130. The Balaban J connectivity index is 4.65. The minimum absolute atomic E-state index is 0.419. The predicted molar refractivity (Wildman–Crippen MR) is 53.6 cm³/mol. The Morgan fingerprint density at radius 2 is 1.92 bits per heavy atom. The molecule has 3 heteroatoms. The molecular formula is C10H17NO2. The zero-order valence-corrected chi connectivity index (χ0v) is 8.66. The van der Waals surface area contributed by atoms with Gasteiger partial charge in [0.2, 0.25) is 0 Å². The summed E-state index contributed by atoms with van der Waals surface area (Å²) in [6.07, 6.45) is 2.26. The van der Waals surface area contributed by atoms with E-state index in [0.717, 1.165) is 5.57 Å². The molecule has 0 aliphatic carbocycles. The van der Waals surface area contributed by atoms with E-state index in [0.29, 0.717) is 0 Å². The molecular weight excluding hydrogens is 166 g/mol. The normalized spacial score (nSPS) is 11.7. The van der Waals surface area contributed by atoms with Crippen LogP contribution in [0.4, 0.5) is 4.79 Å². The van der Waals surface area contributed by atoms with Gasteiger partial charge in [0.15, 0.2) is 0 Å². The average Bonchev–Trinajstić information content (AvgIpc) is 1.81. The summed E-state index contributed by atoms with van der Waals surface area (Å²) in [5.74, 6) is 0. The molecule has 0 radical (unpaired) electrons. The van der Waals surface area contributed by atoms with Crippen LogP contribution < -0.4 is 0 Å². The number of amides is 1. The molecule has 0 saturated carbocycles. The maximum Gasteiger partial charge on any atom is 0.411 e. The van der Waals surface area contributed by atoms with Crippen LogP contribution in [0.25, 0.3) is 0 Å². The van der Waals surface area contributed by atoms with Gasteiger partial charge in [0.25, 0.3) is 0 Å². The van der Waals surface area contributed by atoms with Crippen molar-refractivity contribution in [3.05, 3.63) is 24.4 Å². The van der Waals surface area contributed by atoms with Crippen LogP contribution in [-0.4, -0.2) is 21.6 Å². The molecule has 1 N–H and O–H groups in total. The second kappa shape index (κ2) is 4.12. The molecule has 74 valence electrons. The summed E-state index contributed by atoms with van der Waals surface area (Å²) in [4.78, 5) is 12.1. The van der Waals surface area contributed by atoms with E-state index in [1.54, 1.807) is 6.08 Å². The molecule has 0 heterocycles. The Morgan fingerprint density at radius 1 is 1.46 bits per heavy atom. The number of hydrogen-bond acceptors (Lipinski definition) is 1. The van der Waals surface area contributed by atoms with Gasteiger partial charge >= 0.3 is 6.09 Å². The first-order valence-electron chi connectivity index (χ1n) is 4.11. The summed E-state index contributed by atoms with van der Waals surface area (Å²) in [5, 5.41) is 8.87. The molecule has 1 amide bonds. The molecule has 0 bridgehead atoms. The van der Waals surface area contributed by atoms with Gasteiger partial charge in [-0.25, -0.2) is 4.79 Å². The standard InChI is InChI=1S/C10H17NO2/c1-8(2)6-7-11(9(12)13)10(3,4)5/h6-7H,1H2,2-5H3,(H,12,13)/b7-6+. The van der Waals surface area contributed by atoms with Crippen LogP contribution in [0.3, 0.4) is 0 Å². The van der Waals surface area contributed by atoms with E-state index in [-0.39, 0.29) is 0 Å². The third-order valence-electron chi connectivity index (χ3n) is 1.44. The second-order valence-corrected chi connectivity index (χ2v) is 3.99. The second-order valence-electron chi connectivity index (χ2n) is 3.99. The summed E-state index contributed by atoms with van der Waals surface area (Å²) in [6.45, 7) is 11.0. The van der Waals surface area contributed by atoms with Crippen molar-refractivity contribution in [3.8, 4) is 0 Å². The van der Waals surface area contributed by atoms with E-state index in [2.05, 4.69) is 6.58 Å². The lowest BCUT2D eigenvalue weighted by Crippen LogP contribution is -2.40. The van der Waals surface area contributed by atoms with Crippen LogP contribution in [0.15, 0.2) is 24.4 Å². The summed E-state index contributed by atoms with van der Waals surface area (Å²) < 4.78 is 0. The van der Waals surface area contributed by atoms with Crippen molar-refractivity contribution in [1.82, 2.24) is 4.90 Å². The van der Waals surface area contributed by atoms with E-state index < -0.39 is 11.6 Å². The van der Waals surface area contributed by atoms with Crippen LogP contribution in [0.1, 0.15) is 27.7 Å². The highest BCUT2D eigenvalue weighted by Crippen LogP contribution is 2.14. The first kappa shape index (κ1) is 11.8. The Labute approximate surface area is 79.4 Å². The Bertz CT molecular complexity index is 236. The first-order valence-corrected chi connectivity index (χ1v) is 4.11. The largest absolute Gasteiger partial charge is 0.465 e. The molecule has 0 aromatic rings. The fourth-order valence-corrected chi connectivity index (χ4v) is 0.776. The quantitative estimate of drug-likeness (QED) is 0.669. The van der Waals surface area contributed by atoms with Crippen LogP contribution in [0, 0.1) is 0 Å². The van der Waals surface area contributed by atoms with Gasteiger partial charge in [0.05, 0.1) is 0 Å². The van der Waals surface area contributed by atoms with Crippen LogP contribution in [0.2, 0.25) is 0 Å². The minimum Gasteiger partial charge on any atom is -0.465 e. The predicted octanol–water partition coefficient (Wildman–Crippen LogP) is 2.85. The molecule has 0 unspecified atom stereocenters. The Morgan fingerprint density at radius 3 is 2.15 bits per heavy atom. The summed E-state index contributed by atoms with van der Waals surface area (Å²) >= 11 is 0. The molecule has 0 saturated heterocycles. The van der Waals surface area contributed by atoms with Gasteiger partial charge in [0, 0.05) is 11.7 Å². The molecule has 0 aromatic heterocycles. The molecule has 0 fully saturated rings. The highest BCUT2D eigenvalue weighted by Gasteiger charge is 2.23. The van der Waals surface area contributed by atoms with Gasteiger partial charge in [-0.05, 0) is 33.8 Å². The molecule has 13 heavy (non-hydrogen) atoms. The monoisotopic (exact) mass is 183 g/mol. The SMILES string of the molecule is C=C(C)/C=C/N(C(=O)O)C(C)(C)C. The topological polar surface area (TPSA) is 40.5 Å². The molecule has 0 spiro atoms.